The van der Waals surface area contributed by atoms with Crippen LogP contribution in [0.1, 0.15) is 37.3 Å². The van der Waals surface area contributed by atoms with E-state index in [-0.39, 0.29) is 17.0 Å². The summed E-state index contributed by atoms with van der Waals surface area (Å²) in [6.45, 7) is 0.568. The van der Waals surface area contributed by atoms with E-state index in [4.69, 9.17) is 17.3 Å². The van der Waals surface area contributed by atoms with Crippen LogP contribution in [0, 0.1) is 0 Å². The molecule has 6 heteroatoms. The minimum absolute atomic E-state index is 0.0688. The van der Waals surface area contributed by atoms with Gasteiger partial charge in [-0.2, -0.15) is 5.10 Å². The Morgan fingerprint density at radius 2 is 1.96 bits per heavy atom. The fourth-order valence-electron chi connectivity index (χ4n) is 4.18. The second-order valence-electron chi connectivity index (χ2n) is 7.47. The highest BCUT2D eigenvalue weighted by molar-refractivity contribution is 6.30. The maximum absolute atomic E-state index is 12.5. The summed E-state index contributed by atoms with van der Waals surface area (Å²) in [5.41, 5.74) is 8.89. The summed E-state index contributed by atoms with van der Waals surface area (Å²) in [5, 5.41) is 5.37. The van der Waals surface area contributed by atoms with Crippen LogP contribution >= 0.6 is 11.6 Å². The minimum atomic E-state index is -0.0913. The van der Waals surface area contributed by atoms with E-state index >= 15 is 0 Å². The van der Waals surface area contributed by atoms with E-state index in [1.54, 1.807) is 29.2 Å². The minimum Gasteiger partial charge on any atom is -0.330 e. The van der Waals surface area contributed by atoms with Crippen molar-refractivity contribution in [3.05, 3.63) is 81.9 Å². The number of nitrogens with two attached hydrogens (primary N) is 1. The molecule has 0 aliphatic heterocycles. The second-order valence-corrected chi connectivity index (χ2v) is 7.91. The Kier molecular flexibility index (Phi) is 5.29. The zero-order valence-corrected chi connectivity index (χ0v) is 16.3. The first kappa shape index (κ1) is 18.8. The Bertz CT molecular complexity index is 1010. The Morgan fingerprint density at radius 1 is 1.14 bits per heavy atom. The maximum Gasteiger partial charge on any atom is 0.267 e. The van der Waals surface area contributed by atoms with E-state index in [0.717, 1.165) is 42.0 Å². The molecule has 28 heavy (non-hydrogen) atoms. The zero-order chi connectivity index (χ0) is 19.6. The lowest BCUT2D eigenvalue weighted by Crippen LogP contribution is -2.41. The number of rotatable bonds is 4. The monoisotopic (exact) mass is 394 g/mol. The van der Waals surface area contributed by atoms with Gasteiger partial charge in [0.1, 0.15) is 0 Å². The quantitative estimate of drug-likeness (QED) is 0.726. The zero-order valence-electron chi connectivity index (χ0n) is 15.6. The molecule has 1 aliphatic carbocycles. The molecule has 1 aliphatic rings. The molecule has 0 unspecified atom stereocenters. The highest BCUT2D eigenvalue weighted by atomic mass is 35.5. The largest absolute Gasteiger partial charge is 0.330 e. The average molecular weight is 395 g/mol. The van der Waals surface area contributed by atoms with E-state index in [1.165, 1.54) is 5.56 Å². The highest BCUT2D eigenvalue weighted by Crippen LogP contribution is 2.42. The predicted octanol–water partition coefficient (Wildman–Crippen LogP) is 3.97. The van der Waals surface area contributed by atoms with Crippen LogP contribution in [-0.4, -0.2) is 21.3 Å². The van der Waals surface area contributed by atoms with Crippen molar-refractivity contribution in [1.29, 1.82) is 0 Å². The number of benzene rings is 1. The summed E-state index contributed by atoms with van der Waals surface area (Å²) < 4.78 is 1.64. The first-order valence-corrected chi connectivity index (χ1v) is 9.95. The number of nitrogens with zero attached hydrogens (tertiary/aromatic N) is 3. The molecule has 5 nitrogen and oxygen atoms in total. The highest BCUT2D eigenvalue weighted by Gasteiger charge is 2.37. The van der Waals surface area contributed by atoms with E-state index in [9.17, 15) is 4.79 Å². The molecule has 2 N–H and O–H groups in total. The molecule has 0 bridgehead atoms. The van der Waals surface area contributed by atoms with Crippen molar-refractivity contribution in [3.8, 4) is 11.3 Å². The molecule has 0 atom stereocenters. The van der Waals surface area contributed by atoms with Crippen LogP contribution in [0.3, 0.4) is 0 Å². The molecule has 2 aromatic heterocycles. The molecule has 3 aromatic rings. The molecule has 144 valence electrons. The number of hydrogen-bond acceptors (Lipinski definition) is 4. The topological polar surface area (TPSA) is 73.8 Å². The summed E-state index contributed by atoms with van der Waals surface area (Å²) >= 11 is 6.20. The van der Waals surface area contributed by atoms with Gasteiger partial charge in [-0.25, -0.2) is 4.68 Å². The van der Waals surface area contributed by atoms with Gasteiger partial charge >= 0.3 is 0 Å². The molecule has 0 saturated heterocycles. The summed E-state index contributed by atoms with van der Waals surface area (Å²) in [7, 11) is 0. The van der Waals surface area contributed by atoms with Gasteiger partial charge in [0.25, 0.3) is 5.56 Å². The molecule has 1 fully saturated rings. The summed E-state index contributed by atoms with van der Waals surface area (Å²) in [6, 6.07) is 15.2. The Hall–Kier alpha value is -2.50. The van der Waals surface area contributed by atoms with Gasteiger partial charge in [-0.15, -0.1) is 0 Å². The number of aromatic nitrogens is 3. The van der Waals surface area contributed by atoms with Gasteiger partial charge in [-0.3, -0.25) is 9.78 Å². The number of hydrogen-bond donors (Lipinski definition) is 1. The first-order chi connectivity index (χ1) is 13.6. The van der Waals surface area contributed by atoms with Crippen molar-refractivity contribution >= 4 is 11.6 Å². The van der Waals surface area contributed by atoms with Gasteiger partial charge in [0.2, 0.25) is 0 Å². The van der Waals surface area contributed by atoms with E-state index in [2.05, 4.69) is 16.1 Å². The van der Waals surface area contributed by atoms with Gasteiger partial charge in [-0.05, 0) is 61.6 Å². The van der Waals surface area contributed by atoms with E-state index in [1.807, 2.05) is 30.3 Å². The van der Waals surface area contributed by atoms with Crippen molar-refractivity contribution < 1.29 is 0 Å². The molecule has 0 spiro atoms. The number of halogens is 1. The van der Waals surface area contributed by atoms with Gasteiger partial charge < -0.3 is 5.73 Å². The molecule has 0 radical (unpaired) electrons. The van der Waals surface area contributed by atoms with Gasteiger partial charge in [0.15, 0.2) is 0 Å². The van der Waals surface area contributed by atoms with E-state index < -0.39 is 0 Å². The smallest absolute Gasteiger partial charge is 0.267 e. The van der Waals surface area contributed by atoms with Crippen molar-refractivity contribution in [1.82, 2.24) is 14.8 Å². The van der Waals surface area contributed by atoms with Gasteiger partial charge in [-0.1, -0.05) is 23.7 Å². The lowest BCUT2D eigenvalue weighted by Gasteiger charge is -2.40. The molecular weight excluding hydrogens is 372 g/mol. The Balaban J connectivity index is 1.59. The third kappa shape index (κ3) is 3.60. The van der Waals surface area contributed by atoms with Crippen molar-refractivity contribution in [3.63, 3.8) is 0 Å². The third-order valence-electron chi connectivity index (χ3n) is 5.87. The van der Waals surface area contributed by atoms with Crippen molar-refractivity contribution in [2.45, 2.75) is 37.1 Å². The summed E-state index contributed by atoms with van der Waals surface area (Å²) in [4.78, 5) is 16.6. The molecule has 4 rings (SSSR count). The molecule has 0 amide bonds. The Labute approximate surface area is 169 Å². The predicted molar refractivity (Wildman–Crippen MR) is 111 cm³/mol. The fourth-order valence-corrected chi connectivity index (χ4v) is 4.37. The van der Waals surface area contributed by atoms with Gasteiger partial charge in [0, 0.05) is 41.0 Å². The summed E-state index contributed by atoms with van der Waals surface area (Å²) in [5.74, 6) is 0. The SMILES string of the molecule is NCC1(c2cccc(Cl)c2)CCC(n2nc(-c3cccnc3)ccc2=O)CC1. The van der Waals surface area contributed by atoms with Crippen LogP contribution < -0.4 is 11.3 Å². The van der Waals surface area contributed by atoms with Crippen LogP contribution in [-0.2, 0) is 5.41 Å². The summed E-state index contributed by atoms with van der Waals surface area (Å²) in [6.07, 6.45) is 7.00. The average Bonchev–Trinajstić information content (AvgIpc) is 2.75. The van der Waals surface area contributed by atoms with E-state index in [0.29, 0.717) is 6.54 Å². The molecule has 2 heterocycles. The first-order valence-electron chi connectivity index (χ1n) is 9.58. The van der Waals surface area contributed by atoms with Crippen LogP contribution in [0.5, 0.6) is 0 Å². The third-order valence-corrected chi connectivity index (χ3v) is 6.10. The number of pyridine rings is 1. The van der Waals surface area contributed by atoms with Crippen molar-refractivity contribution in [2.24, 2.45) is 5.73 Å². The second kappa shape index (κ2) is 7.86. The van der Waals surface area contributed by atoms with Gasteiger partial charge in [0.05, 0.1) is 11.7 Å². The van der Waals surface area contributed by atoms with Crippen LogP contribution in [0.4, 0.5) is 0 Å². The van der Waals surface area contributed by atoms with Crippen LogP contribution in [0.15, 0.2) is 65.7 Å². The standard InChI is InChI=1S/C22H23ClN4O/c23-18-5-1-4-17(13-18)22(15-24)10-8-19(9-11-22)27-21(28)7-6-20(26-27)16-3-2-12-25-14-16/h1-7,12-14,19H,8-11,15,24H2. The van der Waals surface area contributed by atoms with Crippen LogP contribution in [0.25, 0.3) is 11.3 Å². The Morgan fingerprint density at radius 3 is 2.64 bits per heavy atom. The normalized spacial score (nSPS) is 22.1. The molecule has 1 saturated carbocycles. The lowest BCUT2D eigenvalue weighted by atomic mass is 9.68. The molecule has 1 aromatic carbocycles. The fraction of sp³-hybridized carbons (Fsp3) is 0.318. The lowest BCUT2D eigenvalue weighted by molar-refractivity contribution is 0.222. The molecular formula is C22H23ClN4O. The van der Waals surface area contributed by atoms with Crippen molar-refractivity contribution in [2.75, 3.05) is 6.54 Å². The van der Waals surface area contributed by atoms with Crippen LogP contribution in [0.2, 0.25) is 5.02 Å². The maximum atomic E-state index is 12.5.